The van der Waals surface area contributed by atoms with E-state index >= 15 is 0 Å². The fraction of sp³-hybridized carbons (Fsp3) is 0.429. The van der Waals surface area contributed by atoms with E-state index in [1.807, 2.05) is 5.43 Å². The molecule has 0 spiro atoms. The van der Waals surface area contributed by atoms with Gasteiger partial charge in [-0.15, -0.1) is 0 Å². The Morgan fingerprint density at radius 2 is 2.07 bits per heavy atom. The van der Waals surface area contributed by atoms with E-state index in [9.17, 15) is 13.2 Å². The van der Waals surface area contributed by atoms with E-state index in [1.165, 1.54) is 0 Å². The lowest BCUT2D eigenvalue weighted by Gasteiger charge is -2.10. The second-order valence-corrected chi connectivity index (χ2v) is 2.63. The molecule has 1 aromatic heterocycles. The van der Waals surface area contributed by atoms with Crippen molar-refractivity contribution in [3.8, 4) is 0 Å². The van der Waals surface area contributed by atoms with Crippen molar-refractivity contribution < 1.29 is 13.2 Å². The van der Waals surface area contributed by atoms with E-state index in [1.54, 1.807) is 6.92 Å². The molecule has 0 amide bonds. The summed E-state index contributed by atoms with van der Waals surface area (Å²) in [5.74, 6) is 4.79. The zero-order valence-electron chi connectivity index (χ0n) is 7.89. The summed E-state index contributed by atoms with van der Waals surface area (Å²) in [4.78, 5) is 7.00. The SMILES string of the molecule is CCNc1nc(NN)cc(C(F)(F)F)n1. The Kier molecular flexibility index (Phi) is 3.30. The summed E-state index contributed by atoms with van der Waals surface area (Å²) in [6.07, 6.45) is -4.52. The lowest BCUT2D eigenvalue weighted by molar-refractivity contribution is -0.141. The summed E-state index contributed by atoms with van der Waals surface area (Å²) in [5.41, 5.74) is 1.01. The number of nitrogens with zero attached hydrogens (tertiary/aromatic N) is 2. The lowest BCUT2D eigenvalue weighted by atomic mass is 10.4. The predicted molar refractivity (Wildman–Crippen MR) is 49.0 cm³/mol. The number of hydrogen-bond donors (Lipinski definition) is 3. The van der Waals surface area contributed by atoms with Crippen LogP contribution in [0.5, 0.6) is 0 Å². The molecule has 0 bridgehead atoms. The number of nitrogens with one attached hydrogen (secondary N) is 2. The lowest BCUT2D eigenvalue weighted by Crippen LogP contribution is -2.16. The van der Waals surface area contributed by atoms with Crippen LogP contribution in [0.3, 0.4) is 0 Å². The monoisotopic (exact) mass is 221 g/mol. The Morgan fingerprint density at radius 1 is 1.40 bits per heavy atom. The minimum atomic E-state index is -4.52. The number of hydrogen-bond acceptors (Lipinski definition) is 5. The van der Waals surface area contributed by atoms with E-state index in [-0.39, 0.29) is 11.8 Å². The maximum atomic E-state index is 12.3. The predicted octanol–water partition coefficient (Wildman–Crippen LogP) is 1.21. The van der Waals surface area contributed by atoms with Crippen LogP contribution in [0.15, 0.2) is 6.07 Å². The number of hydrazine groups is 1. The molecule has 0 unspecified atom stereocenters. The fourth-order valence-electron chi connectivity index (χ4n) is 0.904. The molecule has 1 aromatic rings. The maximum Gasteiger partial charge on any atom is 0.433 e. The second kappa shape index (κ2) is 4.30. The third-order valence-corrected chi connectivity index (χ3v) is 1.50. The van der Waals surface area contributed by atoms with Crippen LogP contribution >= 0.6 is 0 Å². The van der Waals surface area contributed by atoms with E-state index in [0.29, 0.717) is 6.54 Å². The molecule has 15 heavy (non-hydrogen) atoms. The molecule has 4 N–H and O–H groups in total. The summed E-state index contributed by atoms with van der Waals surface area (Å²) >= 11 is 0. The van der Waals surface area contributed by atoms with Gasteiger partial charge in [0.15, 0.2) is 5.69 Å². The topological polar surface area (TPSA) is 75.9 Å². The highest BCUT2D eigenvalue weighted by atomic mass is 19.4. The summed E-state index contributed by atoms with van der Waals surface area (Å²) in [7, 11) is 0. The first-order valence-electron chi connectivity index (χ1n) is 4.14. The molecule has 0 aliphatic carbocycles. The van der Waals surface area contributed by atoms with Gasteiger partial charge >= 0.3 is 6.18 Å². The van der Waals surface area contributed by atoms with Gasteiger partial charge in [-0.1, -0.05) is 0 Å². The molecule has 0 aliphatic heterocycles. The highest BCUT2D eigenvalue weighted by molar-refractivity contribution is 5.41. The van der Waals surface area contributed by atoms with Gasteiger partial charge < -0.3 is 10.7 Å². The first-order chi connectivity index (χ1) is 6.97. The van der Waals surface area contributed by atoms with E-state index in [0.717, 1.165) is 6.07 Å². The van der Waals surface area contributed by atoms with Gasteiger partial charge in [-0.2, -0.15) is 18.2 Å². The first kappa shape index (κ1) is 11.5. The van der Waals surface area contributed by atoms with Crippen molar-refractivity contribution in [1.82, 2.24) is 9.97 Å². The van der Waals surface area contributed by atoms with Gasteiger partial charge in [-0.25, -0.2) is 10.8 Å². The van der Waals surface area contributed by atoms with Crippen molar-refractivity contribution in [2.75, 3.05) is 17.3 Å². The minimum absolute atomic E-state index is 0.0896. The molecule has 0 fully saturated rings. The highest BCUT2D eigenvalue weighted by Crippen LogP contribution is 2.29. The third kappa shape index (κ3) is 2.94. The Bertz CT molecular complexity index is 338. The fourth-order valence-corrected chi connectivity index (χ4v) is 0.904. The van der Waals surface area contributed by atoms with Crippen molar-refractivity contribution in [3.63, 3.8) is 0 Å². The largest absolute Gasteiger partial charge is 0.433 e. The zero-order valence-corrected chi connectivity index (χ0v) is 7.89. The van der Waals surface area contributed by atoms with Crippen LogP contribution in [0, 0.1) is 0 Å². The number of aromatic nitrogens is 2. The smallest absolute Gasteiger partial charge is 0.354 e. The molecule has 0 radical (unpaired) electrons. The van der Waals surface area contributed by atoms with E-state index in [4.69, 9.17) is 5.84 Å². The van der Waals surface area contributed by atoms with Crippen LogP contribution in [0.1, 0.15) is 12.6 Å². The van der Waals surface area contributed by atoms with Crippen LogP contribution in [0.25, 0.3) is 0 Å². The minimum Gasteiger partial charge on any atom is -0.354 e. The maximum absolute atomic E-state index is 12.3. The Hall–Kier alpha value is -1.57. The standard InChI is InChI=1S/C7H10F3N5/c1-2-12-6-13-4(7(8,9)10)3-5(14-6)15-11/h3H,2,11H2,1H3,(H2,12,13,14,15). The Labute approximate surface area is 83.9 Å². The van der Waals surface area contributed by atoms with Gasteiger partial charge in [0.2, 0.25) is 5.95 Å². The van der Waals surface area contributed by atoms with Crippen LogP contribution < -0.4 is 16.6 Å². The number of nitrogen functional groups attached to an aromatic ring is 1. The van der Waals surface area contributed by atoms with Crippen LogP contribution in [0.4, 0.5) is 24.9 Å². The quantitative estimate of drug-likeness (QED) is 0.528. The Morgan fingerprint density at radius 3 is 2.53 bits per heavy atom. The number of alkyl halides is 3. The normalized spacial score (nSPS) is 11.3. The molecule has 0 saturated heterocycles. The number of anilines is 2. The number of nitrogens with two attached hydrogens (primary N) is 1. The van der Waals surface area contributed by atoms with Crippen molar-refractivity contribution in [2.24, 2.45) is 5.84 Å². The zero-order chi connectivity index (χ0) is 11.5. The molecule has 5 nitrogen and oxygen atoms in total. The average Bonchev–Trinajstić information content (AvgIpc) is 2.16. The van der Waals surface area contributed by atoms with E-state index in [2.05, 4.69) is 15.3 Å². The second-order valence-electron chi connectivity index (χ2n) is 2.63. The van der Waals surface area contributed by atoms with Crippen molar-refractivity contribution in [2.45, 2.75) is 13.1 Å². The number of halogens is 3. The van der Waals surface area contributed by atoms with Gasteiger partial charge in [-0.05, 0) is 6.92 Å². The molecular weight excluding hydrogens is 211 g/mol. The highest BCUT2D eigenvalue weighted by Gasteiger charge is 2.33. The Balaban J connectivity index is 3.11. The summed E-state index contributed by atoms with van der Waals surface area (Å²) in [6, 6.07) is 0.737. The first-order valence-corrected chi connectivity index (χ1v) is 4.14. The molecule has 1 heterocycles. The molecule has 1 rings (SSSR count). The van der Waals surface area contributed by atoms with Crippen LogP contribution in [-0.4, -0.2) is 16.5 Å². The van der Waals surface area contributed by atoms with Gasteiger partial charge in [0.05, 0.1) is 0 Å². The third-order valence-electron chi connectivity index (χ3n) is 1.50. The summed E-state index contributed by atoms with van der Waals surface area (Å²) < 4.78 is 37.0. The van der Waals surface area contributed by atoms with Crippen molar-refractivity contribution in [1.29, 1.82) is 0 Å². The van der Waals surface area contributed by atoms with Crippen LogP contribution in [0.2, 0.25) is 0 Å². The van der Waals surface area contributed by atoms with Gasteiger partial charge in [0.25, 0.3) is 0 Å². The average molecular weight is 221 g/mol. The number of rotatable bonds is 3. The molecular formula is C7H10F3N5. The molecule has 84 valence electrons. The van der Waals surface area contributed by atoms with Crippen molar-refractivity contribution in [3.05, 3.63) is 11.8 Å². The van der Waals surface area contributed by atoms with Gasteiger partial charge in [0, 0.05) is 12.6 Å². The van der Waals surface area contributed by atoms with E-state index < -0.39 is 11.9 Å². The molecule has 0 aromatic carbocycles. The van der Waals surface area contributed by atoms with Gasteiger partial charge in [-0.3, -0.25) is 0 Å². The molecule has 8 heteroatoms. The summed E-state index contributed by atoms with van der Waals surface area (Å²) in [6.45, 7) is 2.14. The van der Waals surface area contributed by atoms with Gasteiger partial charge in [0.1, 0.15) is 5.82 Å². The molecule has 0 atom stereocenters. The summed E-state index contributed by atoms with van der Waals surface area (Å²) in [5, 5.41) is 2.58. The molecule has 0 aliphatic rings. The van der Waals surface area contributed by atoms with Crippen LogP contribution in [-0.2, 0) is 6.18 Å². The molecule has 0 saturated carbocycles. The van der Waals surface area contributed by atoms with Crippen molar-refractivity contribution >= 4 is 11.8 Å².